The molecule has 0 radical (unpaired) electrons. The van der Waals surface area contributed by atoms with Crippen LogP contribution in [0.4, 0.5) is 0 Å². The van der Waals surface area contributed by atoms with Crippen LogP contribution >= 0.6 is 0 Å². The van der Waals surface area contributed by atoms with Crippen LogP contribution in [-0.4, -0.2) is 9.55 Å². The third-order valence-electron chi connectivity index (χ3n) is 2.52. The van der Waals surface area contributed by atoms with E-state index in [9.17, 15) is 9.59 Å². The summed E-state index contributed by atoms with van der Waals surface area (Å²) in [6.07, 6.45) is 0.692. The number of aromatic nitrogens is 2. The summed E-state index contributed by atoms with van der Waals surface area (Å²) in [5.41, 5.74) is -0.0571. The number of hydrogen-bond donors (Lipinski definition) is 1. The third kappa shape index (κ3) is 1.48. The summed E-state index contributed by atoms with van der Waals surface area (Å²) in [5.74, 6) is 0.698. The number of hydrogen-bond acceptors (Lipinski definition) is 3. The molecular weight excluding hydrogens is 208 g/mol. The Morgan fingerprint density at radius 2 is 2.19 bits per heavy atom. The first-order valence-electron chi connectivity index (χ1n) is 5.31. The second-order valence-electron chi connectivity index (χ2n) is 4.01. The van der Waals surface area contributed by atoms with Gasteiger partial charge >= 0.3 is 5.69 Å². The molecule has 2 aromatic rings. The molecule has 1 N–H and O–H groups in total. The zero-order valence-electron chi connectivity index (χ0n) is 9.53. The molecule has 0 fully saturated rings. The molecule has 0 saturated heterocycles. The maximum Gasteiger partial charge on any atom is 0.329 e. The highest BCUT2D eigenvalue weighted by atomic mass is 16.3. The van der Waals surface area contributed by atoms with E-state index in [1.807, 2.05) is 6.92 Å². The average molecular weight is 224 g/mol. The van der Waals surface area contributed by atoms with E-state index in [2.05, 4.69) is 4.98 Å². The summed E-state index contributed by atoms with van der Waals surface area (Å²) in [4.78, 5) is 26.3. The van der Waals surface area contributed by atoms with Crippen molar-refractivity contribution in [2.75, 3.05) is 0 Å². The molecular formula is C11H16N2O3. The molecule has 2 heterocycles. The van der Waals surface area contributed by atoms with Crippen molar-refractivity contribution >= 4 is 11.1 Å². The molecule has 0 aliphatic heterocycles. The molecule has 5 heteroatoms. The van der Waals surface area contributed by atoms with Crippen LogP contribution in [0.1, 0.15) is 34.0 Å². The summed E-state index contributed by atoms with van der Waals surface area (Å²) in [6, 6.07) is 1.51. The van der Waals surface area contributed by atoms with Crippen molar-refractivity contribution in [1.29, 1.82) is 0 Å². The van der Waals surface area contributed by atoms with Gasteiger partial charge in [0.1, 0.15) is 5.76 Å². The molecule has 2 rings (SSSR count). The molecule has 0 atom stereocenters. The molecule has 0 bridgehead atoms. The van der Waals surface area contributed by atoms with Crippen molar-refractivity contribution in [3.8, 4) is 0 Å². The standard InChI is InChI=1S/C11H14N2O3.H2/c1-4-7-5-8-9(16-7)10(14)13(6(2)3)11(15)12-8;/h5-6H,4H2,1-3H3,(H,12,15);1H. The van der Waals surface area contributed by atoms with Gasteiger partial charge < -0.3 is 9.40 Å². The highest BCUT2D eigenvalue weighted by molar-refractivity contribution is 5.71. The Balaban J connectivity index is 0.00000144. The Labute approximate surface area is 93.2 Å². The van der Waals surface area contributed by atoms with Gasteiger partial charge in [-0.25, -0.2) is 4.79 Å². The third-order valence-corrected chi connectivity index (χ3v) is 2.52. The minimum Gasteiger partial charge on any atom is -0.454 e. The van der Waals surface area contributed by atoms with E-state index in [0.29, 0.717) is 17.7 Å². The number of nitrogens with one attached hydrogen (secondary N) is 1. The number of aryl methyl sites for hydroxylation is 1. The molecule has 0 amide bonds. The van der Waals surface area contributed by atoms with Gasteiger partial charge in [0.05, 0.1) is 5.52 Å². The fourth-order valence-electron chi connectivity index (χ4n) is 1.71. The molecule has 0 spiro atoms. The largest absolute Gasteiger partial charge is 0.454 e. The van der Waals surface area contributed by atoms with Gasteiger partial charge in [-0.05, 0) is 13.8 Å². The second-order valence-corrected chi connectivity index (χ2v) is 4.01. The van der Waals surface area contributed by atoms with Crippen molar-refractivity contribution in [2.45, 2.75) is 33.2 Å². The molecule has 0 unspecified atom stereocenters. The van der Waals surface area contributed by atoms with Gasteiger partial charge in [-0.3, -0.25) is 9.36 Å². The monoisotopic (exact) mass is 224 g/mol. The van der Waals surface area contributed by atoms with Crippen LogP contribution in [0.3, 0.4) is 0 Å². The van der Waals surface area contributed by atoms with Crippen molar-refractivity contribution in [3.63, 3.8) is 0 Å². The number of furan rings is 1. The summed E-state index contributed by atoms with van der Waals surface area (Å²) >= 11 is 0. The Hall–Kier alpha value is -1.78. The van der Waals surface area contributed by atoms with Crippen LogP contribution < -0.4 is 11.2 Å². The Bertz CT molecular complexity index is 636. The van der Waals surface area contributed by atoms with Crippen LogP contribution in [0.25, 0.3) is 11.1 Å². The van der Waals surface area contributed by atoms with Crippen LogP contribution in [0.5, 0.6) is 0 Å². The van der Waals surface area contributed by atoms with Crippen molar-refractivity contribution < 1.29 is 5.84 Å². The lowest BCUT2D eigenvalue weighted by Crippen LogP contribution is -2.35. The van der Waals surface area contributed by atoms with Gasteiger partial charge in [-0.15, -0.1) is 0 Å². The fourth-order valence-corrected chi connectivity index (χ4v) is 1.71. The first-order chi connectivity index (χ1) is 7.54. The Kier molecular flexibility index (Phi) is 2.46. The minimum atomic E-state index is -0.393. The average Bonchev–Trinajstić information content (AvgIpc) is 2.60. The SMILES string of the molecule is CCc1cc2[nH]c(=O)n(C(C)C)c(=O)c2o1.[HH]. The minimum absolute atomic E-state index is 0. The van der Waals surface area contributed by atoms with Gasteiger partial charge in [0, 0.05) is 20.0 Å². The smallest absolute Gasteiger partial charge is 0.329 e. The lowest BCUT2D eigenvalue weighted by atomic mass is 10.3. The van der Waals surface area contributed by atoms with Gasteiger partial charge in [0.25, 0.3) is 5.56 Å². The van der Waals surface area contributed by atoms with E-state index in [1.165, 1.54) is 0 Å². The van der Waals surface area contributed by atoms with Gasteiger partial charge in [-0.1, -0.05) is 6.92 Å². The summed E-state index contributed by atoms with van der Waals surface area (Å²) in [7, 11) is 0. The number of H-pyrrole nitrogens is 1. The molecule has 16 heavy (non-hydrogen) atoms. The first kappa shape index (κ1) is 10.7. The zero-order chi connectivity index (χ0) is 11.9. The summed E-state index contributed by atoms with van der Waals surface area (Å²) < 4.78 is 6.55. The zero-order valence-corrected chi connectivity index (χ0v) is 9.53. The molecule has 2 aromatic heterocycles. The van der Waals surface area contributed by atoms with Crippen LogP contribution in [0.15, 0.2) is 20.1 Å². The summed E-state index contributed by atoms with van der Waals surface area (Å²) in [5, 5.41) is 0. The van der Waals surface area contributed by atoms with Crippen LogP contribution in [0, 0.1) is 0 Å². The molecule has 88 valence electrons. The van der Waals surface area contributed by atoms with E-state index in [1.54, 1.807) is 19.9 Å². The van der Waals surface area contributed by atoms with E-state index in [-0.39, 0.29) is 18.6 Å². The van der Waals surface area contributed by atoms with E-state index >= 15 is 0 Å². The molecule has 0 aliphatic carbocycles. The topological polar surface area (TPSA) is 68.0 Å². The predicted molar refractivity (Wildman–Crippen MR) is 63.0 cm³/mol. The van der Waals surface area contributed by atoms with E-state index in [4.69, 9.17) is 4.42 Å². The van der Waals surface area contributed by atoms with Gasteiger partial charge in [0.15, 0.2) is 0 Å². The number of rotatable bonds is 2. The Morgan fingerprint density at radius 3 is 2.75 bits per heavy atom. The predicted octanol–water partition coefficient (Wildman–Crippen LogP) is 1.67. The second kappa shape index (κ2) is 3.66. The van der Waals surface area contributed by atoms with Gasteiger partial charge in [0.2, 0.25) is 5.58 Å². The first-order valence-corrected chi connectivity index (χ1v) is 5.31. The molecule has 0 aromatic carbocycles. The highest BCUT2D eigenvalue weighted by Gasteiger charge is 2.13. The number of fused-ring (bicyclic) bond motifs is 1. The van der Waals surface area contributed by atoms with E-state index < -0.39 is 5.69 Å². The van der Waals surface area contributed by atoms with Crippen molar-refractivity contribution in [3.05, 3.63) is 32.7 Å². The lowest BCUT2D eigenvalue weighted by Gasteiger charge is -2.06. The molecule has 0 aliphatic rings. The number of aromatic amines is 1. The summed E-state index contributed by atoms with van der Waals surface area (Å²) in [6.45, 7) is 5.50. The number of nitrogens with zero attached hydrogens (tertiary/aromatic N) is 1. The normalized spacial score (nSPS) is 11.5. The highest BCUT2D eigenvalue weighted by Crippen LogP contribution is 2.13. The van der Waals surface area contributed by atoms with Crippen LogP contribution in [-0.2, 0) is 6.42 Å². The van der Waals surface area contributed by atoms with Crippen LogP contribution in [0.2, 0.25) is 0 Å². The Morgan fingerprint density at radius 1 is 1.50 bits per heavy atom. The quantitative estimate of drug-likeness (QED) is 0.843. The van der Waals surface area contributed by atoms with Crippen molar-refractivity contribution in [1.82, 2.24) is 9.55 Å². The molecule has 0 saturated carbocycles. The molecule has 5 nitrogen and oxygen atoms in total. The fraction of sp³-hybridized carbons (Fsp3) is 0.455. The maximum atomic E-state index is 12.0. The van der Waals surface area contributed by atoms with Crippen molar-refractivity contribution in [2.24, 2.45) is 0 Å². The maximum absolute atomic E-state index is 12.0. The lowest BCUT2D eigenvalue weighted by molar-refractivity contribution is 0.518. The van der Waals surface area contributed by atoms with Gasteiger partial charge in [-0.2, -0.15) is 0 Å². The van der Waals surface area contributed by atoms with E-state index in [0.717, 1.165) is 4.57 Å².